The molecule has 0 spiro atoms. The molecule has 1 aliphatic heterocycles. The first kappa shape index (κ1) is 36.8. The van der Waals surface area contributed by atoms with Crippen LogP contribution in [0.1, 0.15) is 42.3 Å². The van der Waals surface area contributed by atoms with Crippen molar-refractivity contribution in [3.05, 3.63) is 104 Å². The zero-order chi connectivity index (χ0) is 38.0. The van der Waals surface area contributed by atoms with Gasteiger partial charge >= 0.3 is 17.6 Å². The molecule has 14 nitrogen and oxygen atoms in total. The smallest absolute Gasteiger partial charge is 0.335 e. The number of anilines is 1. The van der Waals surface area contributed by atoms with Crippen molar-refractivity contribution in [2.24, 2.45) is 12.5 Å². The van der Waals surface area contributed by atoms with Crippen molar-refractivity contribution < 1.29 is 33.0 Å². The average Bonchev–Trinajstić information content (AvgIpc) is 3.14. The van der Waals surface area contributed by atoms with E-state index in [4.69, 9.17) is 14.2 Å². The summed E-state index contributed by atoms with van der Waals surface area (Å²) in [5.74, 6) is -3.19. The lowest BCUT2D eigenvalue weighted by Crippen LogP contribution is -2.44. The van der Waals surface area contributed by atoms with Gasteiger partial charge in [0, 0.05) is 50.0 Å². The van der Waals surface area contributed by atoms with Gasteiger partial charge in [0.05, 0.1) is 52.5 Å². The van der Waals surface area contributed by atoms with Crippen LogP contribution in [0.5, 0.6) is 0 Å². The van der Waals surface area contributed by atoms with Gasteiger partial charge in [0.25, 0.3) is 11.5 Å². The molecule has 6 rings (SSSR count). The Kier molecular flexibility index (Phi) is 10.4. The Hall–Kier alpha value is -5.96. The highest BCUT2D eigenvalue weighted by molar-refractivity contribution is 5.99. The lowest BCUT2D eigenvalue weighted by molar-refractivity contribution is -0.174. The summed E-state index contributed by atoms with van der Waals surface area (Å²) < 4.78 is 33.8. The van der Waals surface area contributed by atoms with Gasteiger partial charge in [-0.25, -0.2) is 18.5 Å². The molecule has 1 fully saturated rings. The van der Waals surface area contributed by atoms with Gasteiger partial charge in [0.2, 0.25) is 6.79 Å². The summed E-state index contributed by atoms with van der Waals surface area (Å²) in [5, 5.41) is 3.37. The van der Waals surface area contributed by atoms with Crippen LogP contribution in [0.2, 0.25) is 0 Å². The molecule has 0 saturated carbocycles. The topological polar surface area (TPSA) is 164 Å². The number of esters is 2. The normalized spacial score (nSPS) is 13.9. The summed E-state index contributed by atoms with van der Waals surface area (Å²) in [6, 6.07) is 9.60. The number of aromatic nitrogens is 4. The number of halogens is 1. The third kappa shape index (κ3) is 7.51. The van der Waals surface area contributed by atoms with Crippen molar-refractivity contribution in [1.29, 1.82) is 0 Å². The van der Waals surface area contributed by atoms with Gasteiger partial charge in [-0.05, 0) is 69.2 Å². The number of pyridine rings is 2. The van der Waals surface area contributed by atoms with E-state index in [1.165, 1.54) is 48.4 Å². The SMILES string of the molecule is Cc1cc(N2CCOCC2)cc(F)c1C(=O)N[C@@H](Cc1ccc(-n2c(=O)c3ccncc3n(C)c2=O)c2ncccc12)C(=O)OCOC(=O)C(C)(C)C. The first-order valence-electron chi connectivity index (χ1n) is 17.0. The number of ether oxygens (including phenoxy) is 3. The molecule has 1 amide bonds. The number of amides is 1. The molecule has 1 aliphatic rings. The number of hydrogen-bond donors (Lipinski definition) is 1. The quantitative estimate of drug-likeness (QED) is 0.175. The van der Waals surface area contributed by atoms with Crippen molar-refractivity contribution in [2.45, 2.75) is 40.2 Å². The first-order chi connectivity index (χ1) is 25.3. The van der Waals surface area contributed by atoms with Crippen LogP contribution in [0.15, 0.2) is 70.6 Å². The highest BCUT2D eigenvalue weighted by Gasteiger charge is 2.29. The fourth-order valence-electron chi connectivity index (χ4n) is 6.20. The van der Waals surface area contributed by atoms with Crippen molar-refractivity contribution in [3.8, 4) is 5.69 Å². The molecule has 0 bridgehead atoms. The molecule has 15 heteroatoms. The van der Waals surface area contributed by atoms with Gasteiger partial charge in [-0.3, -0.25) is 28.9 Å². The lowest BCUT2D eigenvalue weighted by atomic mass is 9.98. The Bertz CT molecular complexity index is 2340. The summed E-state index contributed by atoms with van der Waals surface area (Å²) in [7, 11) is 1.53. The zero-order valence-electron chi connectivity index (χ0n) is 30.0. The van der Waals surface area contributed by atoms with Gasteiger partial charge in [-0.2, -0.15) is 0 Å². The van der Waals surface area contributed by atoms with Gasteiger partial charge in [-0.15, -0.1) is 0 Å². The van der Waals surface area contributed by atoms with Crippen LogP contribution < -0.4 is 21.5 Å². The number of fused-ring (bicyclic) bond motifs is 2. The van der Waals surface area contributed by atoms with E-state index in [1.807, 2.05) is 4.90 Å². The average molecular weight is 727 g/mol. The van der Waals surface area contributed by atoms with E-state index in [2.05, 4.69) is 15.3 Å². The van der Waals surface area contributed by atoms with Crippen molar-refractivity contribution in [1.82, 2.24) is 24.4 Å². The minimum Gasteiger partial charge on any atom is -0.427 e. The highest BCUT2D eigenvalue weighted by atomic mass is 19.1. The van der Waals surface area contributed by atoms with E-state index in [0.29, 0.717) is 54.0 Å². The van der Waals surface area contributed by atoms with Crippen molar-refractivity contribution >= 4 is 45.3 Å². The zero-order valence-corrected chi connectivity index (χ0v) is 30.0. The third-order valence-corrected chi connectivity index (χ3v) is 9.05. The molecular weight excluding hydrogens is 687 g/mol. The number of morpholine rings is 1. The Morgan fingerprint density at radius 3 is 2.49 bits per heavy atom. The molecule has 1 atom stereocenters. The highest BCUT2D eigenvalue weighted by Crippen LogP contribution is 2.26. The molecule has 1 saturated heterocycles. The van der Waals surface area contributed by atoms with E-state index in [1.54, 1.807) is 52.0 Å². The molecule has 3 aromatic heterocycles. The Morgan fingerprint density at radius 1 is 1.02 bits per heavy atom. The molecular formula is C38H39FN6O8. The minimum absolute atomic E-state index is 0.177. The second-order valence-electron chi connectivity index (χ2n) is 13.7. The number of carbonyl (C=O) groups is 3. The molecule has 1 N–H and O–H groups in total. The third-order valence-electron chi connectivity index (χ3n) is 9.05. The number of carbonyl (C=O) groups excluding carboxylic acids is 3. The standard InChI is InChI=1S/C38H39FN6O8/c1-22-17-24(44-13-15-51-16-14-44)19-27(39)31(22)33(46)42-28(35(48)52-21-53-36(49)38(2,3)4)18-23-8-9-29(32-25(23)7-6-11-41-32)45-34(47)26-10-12-40-20-30(26)43(5)37(45)50/h6-12,17,19-20,28H,13-16,18,21H2,1-5H3,(H,42,46)/t28-/m0/s1. The summed E-state index contributed by atoms with van der Waals surface area (Å²) in [4.78, 5) is 77.3. The molecule has 276 valence electrons. The predicted octanol–water partition coefficient (Wildman–Crippen LogP) is 3.35. The largest absolute Gasteiger partial charge is 0.427 e. The fourth-order valence-corrected chi connectivity index (χ4v) is 6.20. The second-order valence-corrected chi connectivity index (χ2v) is 13.7. The number of nitrogens with one attached hydrogen (secondary N) is 1. The summed E-state index contributed by atoms with van der Waals surface area (Å²) in [6.45, 7) is 7.95. The molecule has 0 unspecified atom stereocenters. The van der Waals surface area contributed by atoms with Gasteiger partial charge < -0.3 is 24.4 Å². The molecule has 5 aromatic rings. The van der Waals surface area contributed by atoms with E-state index >= 15 is 4.39 Å². The number of benzene rings is 2. The monoisotopic (exact) mass is 726 g/mol. The van der Waals surface area contributed by atoms with Crippen molar-refractivity contribution in [2.75, 3.05) is 38.0 Å². The Labute approximate surface area is 303 Å². The van der Waals surface area contributed by atoms with E-state index in [0.717, 1.165) is 4.57 Å². The van der Waals surface area contributed by atoms with E-state index in [9.17, 15) is 24.0 Å². The van der Waals surface area contributed by atoms with E-state index in [-0.39, 0.29) is 28.6 Å². The van der Waals surface area contributed by atoms with Crippen LogP contribution in [-0.4, -0.2) is 76.1 Å². The van der Waals surface area contributed by atoms with Crippen LogP contribution in [0.4, 0.5) is 10.1 Å². The van der Waals surface area contributed by atoms with Crippen LogP contribution >= 0.6 is 0 Å². The van der Waals surface area contributed by atoms with Crippen LogP contribution in [0.3, 0.4) is 0 Å². The fraction of sp³-hybridized carbons (Fsp3) is 0.342. The maximum atomic E-state index is 15.6. The number of rotatable bonds is 9. The Morgan fingerprint density at radius 2 is 1.77 bits per heavy atom. The van der Waals surface area contributed by atoms with Crippen molar-refractivity contribution in [3.63, 3.8) is 0 Å². The number of hydrogen-bond acceptors (Lipinski definition) is 11. The second kappa shape index (κ2) is 14.9. The van der Waals surface area contributed by atoms with Gasteiger partial charge in [0.15, 0.2) is 0 Å². The van der Waals surface area contributed by atoms with Gasteiger partial charge in [0.1, 0.15) is 11.9 Å². The molecule has 0 aliphatic carbocycles. The van der Waals surface area contributed by atoms with Gasteiger partial charge in [-0.1, -0.05) is 12.1 Å². The molecule has 2 aromatic carbocycles. The first-order valence-corrected chi connectivity index (χ1v) is 17.0. The molecule has 0 radical (unpaired) electrons. The number of aryl methyl sites for hydroxylation is 2. The predicted molar refractivity (Wildman–Crippen MR) is 194 cm³/mol. The van der Waals surface area contributed by atoms with E-state index < -0.39 is 53.2 Å². The Balaban J connectivity index is 1.36. The maximum Gasteiger partial charge on any atom is 0.335 e. The summed E-state index contributed by atoms with van der Waals surface area (Å²) in [5.41, 5.74) is -0.0179. The number of nitrogens with zero attached hydrogens (tertiary/aromatic N) is 5. The molecule has 53 heavy (non-hydrogen) atoms. The summed E-state index contributed by atoms with van der Waals surface area (Å²) >= 11 is 0. The lowest BCUT2D eigenvalue weighted by Gasteiger charge is -2.29. The van der Waals surface area contributed by atoms with Crippen LogP contribution in [0.25, 0.3) is 27.5 Å². The molecule has 4 heterocycles. The minimum atomic E-state index is -1.40. The van der Waals surface area contributed by atoms with Crippen LogP contribution in [-0.2, 0) is 37.3 Å². The van der Waals surface area contributed by atoms with Crippen LogP contribution in [0, 0.1) is 18.2 Å². The maximum absolute atomic E-state index is 15.6. The summed E-state index contributed by atoms with van der Waals surface area (Å²) in [6.07, 6.45) is 4.22.